The number of carbonyl (C=O) groups is 1. The molecule has 1 aromatic heterocycles. The Morgan fingerprint density at radius 2 is 1.84 bits per heavy atom. The van der Waals surface area contributed by atoms with Crippen molar-refractivity contribution in [2.75, 3.05) is 4.90 Å². The Morgan fingerprint density at radius 1 is 1.16 bits per heavy atom. The molecule has 0 saturated heterocycles. The lowest BCUT2D eigenvalue weighted by molar-refractivity contribution is -0.0396. The number of hydrogen-bond acceptors (Lipinski definition) is 5. The molecule has 6 nitrogen and oxygen atoms in total. The highest BCUT2D eigenvalue weighted by Gasteiger charge is 2.40. The molecule has 1 aliphatic heterocycles. The zero-order chi connectivity index (χ0) is 22.9. The minimum atomic E-state index is -2.76. The second kappa shape index (κ2) is 8.85. The van der Waals surface area contributed by atoms with Gasteiger partial charge in [0.2, 0.25) is 11.7 Å². The molecule has 1 N–H and O–H groups in total. The normalized spacial score (nSPS) is 20.7. The smallest absolute Gasteiger partial charge is 0.290 e. The number of halogens is 5. The number of nitrogens with one attached hydrogen (secondary N) is 1. The molecule has 0 spiro atoms. The summed E-state index contributed by atoms with van der Waals surface area (Å²) in [5, 5.41) is 2.91. The van der Waals surface area contributed by atoms with E-state index in [-0.39, 0.29) is 48.1 Å². The van der Waals surface area contributed by atoms with Crippen LogP contribution in [0.1, 0.15) is 36.3 Å². The maximum absolute atomic E-state index is 14.6. The van der Waals surface area contributed by atoms with Crippen molar-refractivity contribution in [2.24, 2.45) is 10.9 Å². The summed E-state index contributed by atoms with van der Waals surface area (Å²) >= 11 is 5.76. The van der Waals surface area contributed by atoms with Crippen molar-refractivity contribution in [3.05, 3.63) is 65.5 Å². The Balaban J connectivity index is 1.67. The summed E-state index contributed by atoms with van der Waals surface area (Å²) in [6, 6.07) is 2.92. The monoisotopic (exact) mass is 467 g/mol. The van der Waals surface area contributed by atoms with Crippen molar-refractivity contribution in [3.63, 3.8) is 0 Å². The minimum absolute atomic E-state index is 0.142. The van der Waals surface area contributed by atoms with Gasteiger partial charge in [-0.1, -0.05) is 11.6 Å². The first-order valence-corrected chi connectivity index (χ1v) is 10.3. The molecule has 2 aliphatic rings. The van der Waals surface area contributed by atoms with Crippen LogP contribution in [-0.2, 0) is 0 Å². The molecule has 1 aliphatic carbocycles. The number of amides is 1. The second-order valence-electron chi connectivity index (χ2n) is 7.59. The molecule has 0 bridgehead atoms. The first-order valence-electron chi connectivity index (χ1n) is 9.87. The molecular formula is C21H18ClF4N5O. The lowest BCUT2D eigenvalue weighted by Gasteiger charge is -2.38. The summed E-state index contributed by atoms with van der Waals surface area (Å²) in [6.07, 6.45) is 3.82. The molecule has 1 fully saturated rings. The second-order valence-corrected chi connectivity index (χ2v) is 8.02. The molecule has 1 aromatic carbocycles. The zero-order valence-corrected chi connectivity index (χ0v) is 17.4. The van der Waals surface area contributed by atoms with E-state index in [4.69, 9.17) is 11.6 Å². The summed E-state index contributed by atoms with van der Waals surface area (Å²) in [5.41, 5.74) is 0.228. The van der Waals surface area contributed by atoms with Gasteiger partial charge in [-0.25, -0.2) is 27.5 Å². The molecule has 32 heavy (non-hydrogen) atoms. The number of aromatic nitrogens is 2. The van der Waals surface area contributed by atoms with Crippen molar-refractivity contribution in [3.8, 4) is 0 Å². The first kappa shape index (κ1) is 22.2. The van der Waals surface area contributed by atoms with Crippen LogP contribution in [-0.4, -0.2) is 33.7 Å². The third-order valence-electron chi connectivity index (χ3n) is 5.42. The molecule has 2 aromatic rings. The molecule has 1 saturated carbocycles. The van der Waals surface area contributed by atoms with E-state index < -0.39 is 29.6 Å². The Morgan fingerprint density at radius 3 is 2.53 bits per heavy atom. The lowest BCUT2D eigenvalue weighted by Crippen LogP contribution is -2.55. The highest BCUT2D eigenvalue weighted by molar-refractivity contribution is 6.30. The lowest BCUT2D eigenvalue weighted by atomic mass is 9.82. The number of hydrogen-bond donors (Lipinski definition) is 1. The van der Waals surface area contributed by atoms with Gasteiger partial charge in [-0.2, -0.15) is 0 Å². The summed E-state index contributed by atoms with van der Waals surface area (Å²) in [7, 11) is 0. The van der Waals surface area contributed by atoms with Gasteiger partial charge >= 0.3 is 0 Å². The fourth-order valence-corrected chi connectivity index (χ4v) is 3.92. The van der Waals surface area contributed by atoms with E-state index in [0.717, 1.165) is 18.2 Å². The molecule has 2 heterocycles. The maximum Gasteiger partial charge on any atom is 0.290 e. The quantitative estimate of drug-likeness (QED) is 0.660. The molecule has 168 valence electrons. The SMILES string of the molecule is O=C(NC1C(C2CCC(F)(F)CC2)=NC=CN1c1cc(F)ccc1F)c1ncc(Cl)cn1. The van der Waals surface area contributed by atoms with E-state index in [2.05, 4.69) is 20.3 Å². The third-order valence-corrected chi connectivity index (χ3v) is 5.62. The molecule has 11 heteroatoms. The average Bonchev–Trinajstić information content (AvgIpc) is 2.76. The van der Waals surface area contributed by atoms with E-state index >= 15 is 0 Å². The van der Waals surface area contributed by atoms with Gasteiger partial charge in [0.1, 0.15) is 17.8 Å². The Labute approximate surface area is 186 Å². The summed E-state index contributed by atoms with van der Waals surface area (Å²) in [5.74, 6) is -5.45. The number of alkyl halides is 2. The minimum Gasteiger partial charge on any atom is -0.324 e. The number of nitrogens with zero attached hydrogens (tertiary/aromatic N) is 4. The van der Waals surface area contributed by atoms with E-state index in [9.17, 15) is 22.4 Å². The molecule has 4 rings (SSSR count). The summed E-state index contributed by atoms with van der Waals surface area (Å²) in [6.45, 7) is 0. The number of carbonyl (C=O) groups excluding carboxylic acids is 1. The van der Waals surface area contributed by atoms with E-state index in [1.807, 2.05) is 0 Å². The van der Waals surface area contributed by atoms with Gasteiger partial charge in [-0.3, -0.25) is 9.79 Å². The fourth-order valence-electron chi connectivity index (χ4n) is 3.82. The van der Waals surface area contributed by atoms with Crippen LogP contribution >= 0.6 is 11.6 Å². The van der Waals surface area contributed by atoms with Crippen LogP contribution in [0.15, 0.2) is 48.0 Å². The van der Waals surface area contributed by atoms with Gasteiger partial charge in [0.25, 0.3) is 5.91 Å². The van der Waals surface area contributed by atoms with Crippen LogP contribution in [0.25, 0.3) is 0 Å². The Hall–Kier alpha value is -3.01. The molecule has 1 atom stereocenters. The standard InChI is InChI=1S/C21H18ClF4N5O/c22-13-10-28-18(29-11-13)20(32)30-19-17(12-3-5-21(25,26)6-4-12)27-7-8-31(19)16-9-14(23)1-2-15(16)24/h1-2,7-12,19H,3-6H2,(H,30,32). The van der Waals surface area contributed by atoms with E-state index in [0.29, 0.717) is 5.71 Å². The van der Waals surface area contributed by atoms with Crippen molar-refractivity contribution in [1.82, 2.24) is 15.3 Å². The van der Waals surface area contributed by atoms with Crippen molar-refractivity contribution >= 4 is 28.9 Å². The highest BCUT2D eigenvalue weighted by atomic mass is 35.5. The predicted molar refractivity (Wildman–Crippen MR) is 111 cm³/mol. The Bertz CT molecular complexity index is 1070. The summed E-state index contributed by atoms with van der Waals surface area (Å²) in [4.78, 5) is 26.2. The van der Waals surface area contributed by atoms with Gasteiger partial charge < -0.3 is 10.2 Å². The number of aliphatic imine (C=N–C) groups is 1. The zero-order valence-electron chi connectivity index (χ0n) is 16.6. The highest BCUT2D eigenvalue weighted by Crippen LogP contribution is 2.38. The van der Waals surface area contributed by atoms with Gasteiger partial charge in [0, 0.05) is 49.6 Å². The van der Waals surface area contributed by atoms with Crippen molar-refractivity contribution < 1.29 is 22.4 Å². The van der Waals surface area contributed by atoms with Crippen molar-refractivity contribution in [2.45, 2.75) is 37.8 Å². The van der Waals surface area contributed by atoms with E-state index in [1.54, 1.807) is 0 Å². The fraction of sp³-hybridized carbons (Fsp3) is 0.333. The largest absolute Gasteiger partial charge is 0.324 e. The van der Waals surface area contributed by atoms with Crippen LogP contribution in [0, 0.1) is 17.6 Å². The van der Waals surface area contributed by atoms with Crippen LogP contribution in [0.5, 0.6) is 0 Å². The predicted octanol–water partition coefficient (Wildman–Crippen LogP) is 4.72. The number of anilines is 1. The van der Waals surface area contributed by atoms with Gasteiger partial charge in [0.15, 0.2) is 0 Å². The maximum atomic E-state index is 14.6. The number of benzene rings is 1. The van der Waals surface area contributed by atoms with Gasteiger partial charge in [0.05, 0.1) is 16.4 Å². The number of rotatable bonds is 4. The molecule has 1 amide bonds. The summed E-state index contributed by atoms with van der Waals surface area (Å²) < 4.78 is 55.8. The van der Waals surface area contributed by atoms with Gasteiger partial charge in [-0.15, -0.1) is 0 Å². The average molecular weight is 468 g/mol. The molecular weight excluding hydrogens is 450 g/mol. The molecule has 0 radical (unpaired) electrons. The topological polar surface area (TPSA) is 70.5 Å². The van der Waals surface area contributed by atoms with Crippen LogP contribution in [0.3, 0.4) is 0 Å². The van der Waals surface area contributed by atoms with Crippen LogP contribution in [0.2, 0.25) is 5.02 Å². The molecule has 1 unspecified atom stereocenters. The third kappa shape index (κ3) is 4.74. The van der Waals surface area contributed by atoms with E-state index in [1.165, 1.54) is 29.7 Å². The Kier molecular flexibility index (Phi) is 6.14. The van der Waals surface area contributed by atoms with Crippen LogP contribution < -0.4 is 10.2 Å². The van der Waals surface area contributed by atoms with Crippen LogP contribution in [0.4, 0.5) is 23.2 Å². The van der Waals surface area contributed by atoms with Crippen molar-refractivity contribution in [1.29, 1.82) is 0 Å². The first-order chi connectivity index (χ1) is 15.2. The van der Waals surface area contributed by atoms with Gasteiger partial charge in [-0.05, 0) is 25.0 Å².